The van der Waals surface area contributed by atoms with Gasteiger partial charge in [-0.2, -0.15) is 5.21 Å². The molecule has 1 fully saturated rings. The zero-order valence-corrected chi connectivity index (χ0v) is 31.8. The Morgan fingerprint density at radius 1 is 0.962 bits per heavy atom. The molecule has 53 heavy (non-hydrogen) atoms. The lowest BCUT2D eigenvalue weighted by Gasteiger charge is -2.29. The maximum Gasteiger partial charge on any atom is 0.407 e. The summed E-state index contributed by atoms with van der Waals surface area (Å²) in [6, 6.07) is 18.7. The largest absolute Gasteiger partial charge is 0.444 e. The van der Waals surface area contributed by atoms with Crippen LogP contribution in [0.2, 0.25) is 0 Å². The van der Waals surface area contributed by atoms with Gasteiger partial charge in [-0.05, 0) is 123 Å². The number of amides is 3. The zero-order chi connectivity index (χ0) is 38.3. The number of rotatable bonds is 12. The molecule has 1 saturated carbocycles. The molecule has 0 saturated heterocycles. The molecule has 1 heterocycles. The molecule has 15 heteroatoms. The van der Waals surface area contributed by atoms with Crippen molar-refractivity contribution < 1.29 is 27.5 Å². The number of sulfonamides is 1. The highest BCUT2D eigenvalue weighted by Crippen LogP contribution is 2.30. The number of aryl methyl sites for hydroxylation is 1. The standard InChI is InChI=1S/C38H48N8O6S/c1-24-10-19-31(53(50,51)46(5)6)22-32(24)29-9-7-8-26(20-29)21-33(36(48)40-30-17-15-27(16-18-30)34-42-44-45-43-34)41-35(47)28-13-11-25(12-14-28)23-39-37(49)52-38(2,3)4/h7-10,15-20,22,25,28,33H,11-14,21,23H2,1-6H3,(H,39,49)(H,40,48)(H,41,47)(H,42,43,44,45)/t25?,28?,33-/m0/s1. The van der Waals surface area contributed by atoms with Gasteiger partial charge >= 0.3 is 6.09 Å². The molecule has 1 aliphatic rings. The van der Waals surface area contributed by atoms with Crippen molar-refractivity contribution in [3.63, 3.8) is 0 Å². The first-order chi connectivity index (χ1) is 25.1. The molecule has 0 aliphatic heterocycles. The van der Waals surface area contributed by atoms with Crippen LogP contribution in [0.1, 0.15) is 57.6 Å². The minimum Gasteiger partial charge on any atom is -0.444 e. The monoisotopic (exact) mass is 744 g/mol. The molecule has 282 valence electrons. The van der Waals surface area contributed by atoms with Gasteiger partial charge in [-0.1, -0.05) is 30.3 Å². The second kappa shape index (κ2) is 16.7. The molecule has 3 aromatic carbocycles. The summed E-state index contributed by atoms with van der Waals surface area (Å²) in [6.45, 7) is 7.83. The fourth-order valence-electron chi connectivity index (χ4n) is 6.27. The van der Waals surface area contributed by atoms with Gasteiger partial charge in [0, 0.05) is 44.2 Å². The number of benzene rings is 3. The number of tetrazole rings is 1. The van der Waals surface area contributed by atoms with Crippen LogP contribution in [0, 0.1) is 18.8 Å². The average Bonchev–Trinajstić information content (AvgIpc) is 3.66. The highest BCUT2D eigenvalue weighted by Gasteiger charge is 2.30. The summed E-state index contributed by atoms with van der Waals surface area (Å²) in [5, 5.41) is 22.8. The predicted octanol–water partition coefficient (Wildman–Crippen LogP) is 5.09. The number of nitrogens with zero attached hydrogens (tertiary/aromatic N) is 4. The lowest BCUT2D eigenvalue weighted by atomic mass is 9.81. The Hall–Kier alpha value is -5.15. The summed E-state index contributed by atoms with van der Waals surface area (Å²) >= 11 is 0. The van der Waals surface area contributed by atoms with Crippen LogP contribution >= 0.6 is 0 Å². The molecule has 1 aromatic heterocycles. The first kappa shape index (κ1) is 39.1. The van der Waals surface area contributed by atoms with E-state index in [1.807, 2.05) is 52.0 Å². The number of anilines is 1. The van der Waals surface area contributed by atoms with Crippen molar-refractivity contribution in [2.75, 3.05) is 26.0 Å². The van der Waals surface area contributed by atoms with Gasteiger partial charge in [-0.25, -0.2) is 17.5 Å². The Balaban J connectivity index is 1.32. The average molecular weight is 745 g/mol. The zero-order valence-electron chi connectivity index (χ0n) is 31.0. The number of aromatic amines is 1. The number of hydrogen-bond acceptors (Lipinski definition) is 9. The predicted molar refractivity (Wildman–Crippen MR) is 201 cm³/mol. The molecule has 1 atom stereocenters. The smallest absolute Gasteiger partial charge is 0.407 e. The third-order valence-electron chi connectivity index (χ3n) is 9.21. The molecule has 4 N–H and O–H groups in total. The molecular weight excluding hydrogens is 697 g/mol. The highest BCUT2D eigenvalue weighted by atomic mass is 32.2. The van der Waals surface area contributed by atoms with E-state index in [9.17, 15) is 22.8 Å². The maximum atomic E-state index is 13.9. The minimum atomic E-state index is -3.65. The van der Waals surface area contributed by atoms with Crippen LogP contribution in [0.5, 0.6) is 0 Å². The first-order valence-electron chi connectivity index (χ1n) is 17.6. The summed E-state index contributed by atoms with van der Waals surface area (Å²) in [5.74, 6) is -0.235. The van der Waals surface area contributed by atoms with Crippen LogP contribution in [0.4, 0.5) is 10.5 Å². The Bertz CT molecular complexity index is 2000. The normalized spacial score (nSPS) is 16.8. The summed E-state index contributed by atoms with van der Waals surface area (Å²) in [7, 11) is -0.669. The summed E-state index contributed by atoms with van der Waals surface area (Å²) in [6.07, 6.45) is 2.49. The Labute approximate surface area is 310 Å². The van der Waals surface area contributed by atoms with E-state index in [-0.39, 0.29) is 35.0 Å². The second-order valence-electron chi connectivity index (χ2n) is 14.6. The van der Waals surface area contributed by atoms with E-state index in [4.69, 9.17) is 4.74 Å². The number of ether oxygens (including phenoxy) is 1. The number of hydrogen-bond donors (Lipinski definition) is 4. The van der Waals surface area contributed by atoms with Crippen LogP contribution in [-0.2, 0) is 30.8 Å². The molecule has 0 unspecified atom stereocenters. The number of carbonyl (C=O) groups is 3. The van der Waals surface area contributed by atoms with Gasteiger partial charge in [0.2, 0.25) is 27.7 Å². The molecule has 4 aromatic rings. The van der Waals surface area contributed by atoms with Crippen molar-refractivity contribution in [2.45, 2.75) is 76.3 Å². The maximum absolute atomic E-state index is 13.9. The fraction of sp³-hybridized carbons (Fsp3) is 0.421. The van der Waals surface area contributed by atoms with Crippen LogP contribution in [0.15, 0.2) is 71.6 Å². The lowest BCUT2D eigenvalue weighted by molar-refractivity contribution is -0.130. The summed E-state index contributed by atoms with van der Waals surface area (Å²) in [4.78, 5) is 39.9. The SMILES string of the molecule is Cc1ccc(S(=O)(=O)N(C)C)cc1-c1cccc(C[C@H](NC(=O)C2CCC(CNC(=O)OC(C)(C)C)CC2)C(=O)Nc2ccc(-c3nn[nH]n3)cc2)c1. The van der Waals surface area contributed by atoms with Crippen LogP contribution in [0.3, 0.4) is 0 Å². The molecular formula is C38H48N8O6S. The highest BCUT2D eigenvalue weighted by molar-refractivity contribution is 7.89. The number of H-pyrrole nitrogens is 1. The van der Waals surface area contributed by atoms with E-state index < -0.39 is 27.8 Å². The third kappa shape index (κ3) is 10.5. The van der Waals surface area contributed by atoms with E-state index >= 15 is 0 Å². The number of aromatic nitrogens is 4. The van der Waals surface area contributed by atoms with Gasteiger partial charge in [0.05, 0.1) is 4.90 Å². The molecule has 0 spiro atoms. The van der Waals surface area contributed by atoms with Gasteiger partial charge in [0.15, 0.2) is 0 Å². The van der Waals surface area contributed by atoms with Crippen LogP contribution < -0.4 is 16.0 Å². The topological polar surface area (TPSA) is 188 Å². The summed E-state index contributed by atoms with van der Waals surface area (Å²) in [5.41, 5.74) is 3.88. The summed E-state index contributed by atoms with van der Waals surface area (Å²) < 4.78 is 32.3. The van der Waals surface area contributed by atoms with E-state index in [1.54, 1.807) is 42.5 Å². The number of nitrogens with one attached hydrogen (secondary N) is 4. The Morgan fingerprint density at radius 3 is 2.32 bits per heavy atom. The van der Waals surface area contributed by atoms with E-state index in [0.29, 0.717) is 36.5 Å². The molecule has 0 radical (unpaired) electrons. The molecule has 5 rings (SSSR count). The first-order valence-corrected chi connectivity index (χ1v) is 19.1. The molecule has 0 bridgehead atoms. The van der Waals surface area contributed by atoms with Crippen molar-refractivity contribution in [3.8, 4) is 22.5 Å². The number of carbonyl (C=O) groups excluding carboxylic acids is 3. The second-order valence-corrected chi connectivity index (χ2v) is 16.8. The molecule has 1 aliphatic carbocycles. The van der Waals surface area contributed by atoms with Gasteiger partial charge < -0.3 is 20.7 Å². The van der Waals surface area contributed by atoms with Crippen LogP contribution in [-0.4, -0.2) is 83.5 Å². The van der Waals surface area contributed by atoms with Gasteiger partial charge in [0.25, 0.3) is 0 Å². The van der Waals surface area contributed by atoms with Crippen molar-refractivity contribution in [1.82, 2.24) is 35.6 Å². The van der Waals surface area contributed by atoms with E-state index in [0.717, 1.165) is 35.1 Å². The van der Waals surface area contributed by atoms with Crippen molar-refractivity contribution in [2.24, 2.45) is 11.8 Å². The van der Waals surface area contributed by atoms with Crippen molar-refractivity contribution >= 4 is 33.6 Å². The van der Waals surface area contributed by atoms with Gasteiger partial charge in [-0.15, -0.1) is 10.2 Å². The Morgan fingerprint density at radius 2 is 1.68 bits per heavy atom. The van der Waals surface area contributed by atoms with Crippen LogP contribution in [0.25, 0.3) is 22.5 Å². The number of alkyl carbamates (subject to hydrolysis) is 1. The van der Waals surface area contributed by atoms with E-state index in [1.165, 1.54) is 18.4 Å². The minimum absolute atomic E-state index is 0.179. The molecule has 3 amide bonds. The quantitative estimate of drug-likeness (QED) is 0.153. The van der Waals surface area contributed by atoms with Gasteiger partial charge in [-0.3, -0.25) is 9.59 Å². The van der Waals surface area contributed by atoms with E-state index in [2.05, 4.69) is 36.6 Å². The van der Waals surface area contributed by atoms with Gasteiger partial charge in [0.1, 0.15) is 11.6 Å². The fourth-order valence-corrected chi connectivity index (χ4v) is 7.20. The molecule has 14 nitrogen and oxygen atoms in total. The third-order valence-corrected chi connectivity index (χ3v) is 11.0. The Kier molecular flexibility index (Phi) is 12.3. The van der Waals surface area contributed by atoms with Crippen molar-refractivity contribution in [3.05, 3.63) is 77.9 Å². The van der Waals surface area contributed by atoms with Crippen molar-refractivity contribution in [1.29, 1.82) is 0 Å². The lowest BCUT2D eigenvalue weighted by Crippen LogP contribution is -2.48.